The molecule has 0 saturated carbocycles. The van der Waals surface area contributed by atoms with Crippen LogP contribution in [0.4, 0.5) is 5.69 Å². The van der Waals surface area contributed by atoms with Gasteiger partial charge >= 0.3 is 0 Å². The van der Waals surface area contributed by atoms with Gasteiger partial charge in [-0.15, -0.1) is 0 Å². The maximum atomic E-state index is 11.4. The molecule has 0 aromatic heterocycles. The van der Waals surface area contributed by atoms with Crippen LogP contribution in [0.25, 0.3) is 0 Å². The maximum absolute atomic E-state index is 11.4. The number of anilines is 1. The smallest absolute Gasteiger partial charge is 0.161 e. The van der Waals surface area contributed by atoms with E-state index < -0.39 is 0 Å². The molecule has 0 aliphatic carbocycles. The molecule has 138 valence electrons. The summed E-state index contributed by atoms with van der Waals surface area (Å²) < 4.78 is 5.47. The van der Waals surface area contributed by atoms with Crippen LogP contribution in [0.2, 0.25) is 0 Å². The summed E-state index contributed by atoms with van der Waals surface area (Å²) in [5.41, 5.74) is 3.06. The quantitative estimate of drug-likeness (QED) is 0.807. The van der Waals surface area contributed by atoms with Gasteiger partial charge in [0.25, 0.3) is 0 Å². The Kier molecular flexibility index (Phi) is 5.78. The molecular weight excluding hydrogens is 328 g/mol. The highest BCUT2D eigenvalue weighted by Crippen LogP contribution is 2.27. The number of benzene rings is 2. The van der Waals surface area contributed by atoms with Gasteiger partial charge in [-0.2, -0.15) is 0 Å². The summed E-state index contributed by atoms with van der Waals surface area (Å²) in [6.45, 7) is 8.74. The summed E-state index contributed by atoms with van der Waals surface area (Å²) in [5, 5.41) is 9.82. The van der Waals surface area contributed by atoms with E-state index in [0.717, 1.165) is 49.5 Å². The van der Waals surface area contributed by atoms with E-state index in [9.17, 15) is 9.90 Å². The minimum atomic E-state index is 0.0988. The molecule has 1 saturated heterocycles. The van der Waals surface area contributed by atoms with Gasteiger partial charge in [0.1, 0.15) is 0 Å². The minimum Gasteiger partial charge on any atom is -0.504 e. The van der Waals surface area contributed by atoms with E-state index in [-0.39, 0.29) is 11.5 Å². The Bertz CT molecular complexity index is 750. The van der Waals surface area contributed by atoms with Crippen molar-refractivity contribution < 1.29 is 14.6 Å². The van der Waals surface area contributed by atoms with Crippen molar-refractivity contribution in [3.63, 3.8) is 0 Å². The van der Waals surface area contributed by atoms with Crippen LogP contribution in [-0.2, 0) is 6.54 Å². The lowest BCUT2D eigenvalue weighted by molar-refractivity contribution is 0.101. The van der Waals surface area contributed by atoms with E-state index in [0.29, 0.717) is 12.4 Å². The highest BCUT2D eigenvalue weighted by molar-refractivity contribution is 5.94. The number of carbonyl (C=O) groups excluding carboxylic acids is 1. The van der Waals surface area contributed by atoms with E-state index in [1.807, 2.05) is 43.3 Å². The number of phenols is 1. The second-order valence-electron chi connectivity index (χ2n) is 6.60. The first kappa shape index (κ1) is 18.3. The minimum absolute atomic E-state index is 0.0988. The predicted molar refractivity (Wildman–Crippen MR) is 103 cm³/mol. The molecule has 3 rings (SSSR count). The summed E-state index contributed by atoms with van der Waals surface area (Å²) in [6, 6.07) is 13.4. The number of Topliss-reactive ketones (excluding diaryl/α,β-unsaturated/α-hetero) is 1. The lowest BCUT2D eigenvalue weighted by Gasteiger charge is -2.36. The number of hydrogen-bond acceptors (Lipinski definition) is 5. The molecule has 0 atom stereocenters. The third-order valence-corrected chi connectivity index (χ3v) is 4.74. The molecule has 0 spiro atoms. The van der Waals surface area contributed by atoms with Crippen LogP contribution in [0.1, 0.15) is 29.8 Å². The number of nitrogens with zero attached hydrogens (tertiary/aromatic N) is 2. The number of ketones is 1. The van der Waals surface area contributed by atoms with Crippen LogP contribution >= 0.6 is 0 Å². The normalized spacial score (nSPS) is 15.1. The molecule has 5 nitrogen and oxygen atoms in total. The molecule has 26 heavy (non-hydrogen) atoms. The number of aromatic hydroxyl groups is 1. The van der Waals surface area contributed by atoms with Gasteiger partial charge in [-0.1, -0.05) is 6.07 Å². The number of rotatable bonds is 6. The van der Waals surface area contributed by atoms with E-state index in [4.69, 9.17) is 4.74 Å². The third-order valence-electron chi connectivity index (χ3n) is 4.74. The highest BCUT2D eigenvalue weighted by Gasteiger charge is 2.18. The zero-order valence-corrected chi connectivity index (χ0v) is 15.4. The van der Waals surface area contributed by atoms with Gasteiger partial charge in [-0.25, -0.2) is 0 Å². The molecule has 1 fully saturated rings. The van der Waals surface area contributed by atoms with Gasteiger partial charge in [0.15, 0.2) is 17.3 Å². The Hall–Kier alpha value is -2.53. The third kappa shape index (κ3) is 4.35. The number of hydrogen-bond donors (Lipinski definition) is 1. The number of carbonyl (C=O) groups is 1. The monoisotopic (exact) mass is 354 g/mol. The molecule has 0 unspecified atom stereocenters. The van der Waals surface area contributed by atoms with E-state index in [2.05, 4.69) is 9.80 Å². The largest absolute Gasteiger partial charge is 0.504 e. The van der Waals surface area contributed by atoms with E-state index >= 15 is 0 Å². The van der Waals surface area contributed by atoms with Crippen LogP contribution in [0.3, 0.4) is 0 Å². The lowest BCUT2D eigenvalue weighted by Crippen LogP contribution is -2.45. The summed E-state index contributed by atoms with van der Waals surface area (Å²) in [7, 11) is 0. The van der Waals surface area contributed by atoms with Crippen molar-refractivity contribution in [2.24, 2.45) is 0 Å². The first-order valence-electron chi connectivity index (χ1n) is 9.10. The molecule has 5 heteroatoms. The maximum Gasteiger partial charge on any atom is 0.161 e. The van der Waals surface area contributed by atoms with Crippen molar-refractivity contribution in [2.75, 3.05) is 37.7 Å². The summed E-state index contributed by atoms with van der Waals surface area (Å²) in [4.78, 5) is 16.1. The van der Waals surface area contributed by atoms with Crippen LogP contribution in [0.5, 0.6) is 11.5 Å². The van der Waals surface area contributed by atoms with E-state index in [1.54, 1.807) is 13.0 Å². The fourth-order valence-electron chi connectivity index (χ4n) is 3.26. The molecule has 2 aromatic rings. The van der Waals surface area contributed by atoms with Gasteiger partial charge < -0.3 is 14.7 Å². The van der Waals surface area contributed by atoms with Crippen molar-refractivity contribution in [3.8, 4) is 11.5 Å². The van der Waals surface area contributed by atoms with Crippen LogP contribution in [0, 0.1) is 0 Å². The van der Waals surface area contributed by atoms with Gasteiger partial charge in [0, 0.05) is 44.0 Å². The first-order valence-corrected chi connectivity index (χ1v) is 9.10. The molecule has 0 amide bonds. The Morgan fingerprint density at radius 1 is 1.08 bits per heavy atom. The molecule has 1 aliphatic heterocycles. The van der Waals surface area contributed by atoms with E-state index in [1.165, 1.54) is 0 Å². The van der Waals surface area contributed by atoms with Gasteiger partial charge in [0.2, 0.25) is 0 Å². The zero-order chi connectivity index (χ0) is 18.5. The molecule has 0 bridgehead atoms. The Morgan fingerprint density at radius 3 is 2.38 bits per heavy atom. The molecule has 0 radical (unpaired) electrons. The summed E-state index contributed by atoms with van der Waals surface area (Å²) in [6.07, 6.45) is 0. The lowest BCUT2D eigenvalue weighted by atomic mass is 10.1. The Morgan fingerprint density at radius 2 is 1.77 bits per heavy atom. The van der Waals surface area contributed by atoms with Crippen molar-refractivity contribution in [2.45, 2.75) is 20.4 Å². The molecule has 2 aromatic carbocycles. The topological polar surface area (TPSA) is 53.0 Å². The highest BCUT2D eigenvalue weighted by atomic mass is 16.5. The van der Waals surface area contributed by atoms with Gasteiger partial charge in [0.05, 0.1) is 6.61 Å². The van der Waals surface area contributed by atoms with Crippen LogP contribution < -0.4 is 9.64 Å². The van der Waals surface area contributed by atoms with Crippen LogP contribution in [0.15, 0.2) is 42.5 Å². The summed E-state index contributed by atoms with van der Waals surface area (Å²) in [5.74, 6) is 0.838. The SMILES string of the molecule is CCOc1cc(CN2CCN(c3ccc(C(C)=O)cc3)CC2)ccc1O. The Balaban J connectivity index is 1.57. The average Bonchev–Trinajstić information content (AvgIpc) is 2.65. The predicted octanol–water partition coefficient (Wildman–Crippen LogP) is 3.32. The summed E-state index contributed by atoms with van der Waals surface area (Å²) >= 11 is 0. The zero-order valence-electron chi connectivity index (χ0n) is 15.4. The fraction of sp³-hybridized carbons (Fsp3) is 0.381. The van der Waals surface area contributed by atoms with Crippen molar-refractivity contribution in [1.82, 2.24) is 4.90 Å². The Labute approximate surface area is 154 Å². The van der Waals surface area contributed by atoms with Gasteiger partial charge in [-0.3, -0.25) is 9.69 Å². The standard InChI is InChI=1S/C21H26N2O3/c1-3-26-21-14-17(4-9-20(21)25)15-22-10-12-23(13-11-22)19-7-5-18(6-8-19)16(2)24/h4-9,14,25H,3,10-13,15H2,1-2H3. The number of ether oxygens (including phenoxy) is 1. The molecule has 1 heterocycles. The number of phenolic OH excluding ortho intramolecular Hbond substituents is 1. The average molecular weight is 354 g/mol. The first-order chi connectivity index (χ1) is 12.6. The van der Waals surface area contributed by atoms with Crippen LogP contribution in [-0.4, -0.2) is 48.6 Å². The molecule has 1 N–H and O–H groups in total. The second kappa shape index (κ2) is 8.23. The fourth-order valence-corrected chi connectivity index (χ4v) is 3.26. The van der Waals surface area contributed by atoms with Gasteiger partial charge in [-0.05, 0) is 55.8 Å². The van der Waals surface area contributed by atoms with Crippen molar-refractivity contribution in [3.05, 3.63) is 53.6 Å². The molecular formula is C21H26N2O3. The van der Waals surface area contributed by atoms with Crippen molar-refractivity contribution >= 4 is 11.5 Å². The van der Waals surface area contributed by atoms with Crippen molar-refractivity contribution in [1.29, 1.82) is 0 Å². The molecule has 1 aliphatic rings. The second-order valence-corrected chi connectivity index (χ2v) is 6.60. The number of piperazine rings is 1.